The fourth-order valence-corrected chi connectivity index (χ4v) is 2.07. The quantitative estimate of drug-likeness (QED) is 0.783. The van der Waals surface area contributed by atoms with Gasteiger partial charge < -0.3 is 20.5 Å². The van der Waals surface area contributed by atoms with Crippen LogP contribution in [0.2, 0.25) is 0 Å². The van der Waals surface area contributed by atoms with E-state index < -0.39 is 0 Å². The first kappa shape index (κ1) is 13.7. The van der Waals surface area contributed by atoms with Crippen LogP contribution >= 0.6 is 0 Å². The van der Waals surface area contributed by atoms with Gasteiger partial charge in [0, 0.05) is 24.3 Å². The minimum atomic E-state index is -0.115. The van der Waals surface area contributed by atoms with Crippen LogP contribution in [-0.4, -0.2) is 31.8 Å². The van der Waals surface area contributed by atoms with Crippen LogP contribution in [0.15, 0.2) is 24.3 Å². The molecule has 0 saturated carbocycles. The van der Waals surface area contributed by atoms with E-state index in [-0.39, 0.29) is 18.6 Å². The van der Waals surface area contributed by atoms with E-state index >= 15 is 0 Å². The summed E-state index contributed by atoms with van der Waals surface area (Å²) in [5.41, 5.74) is 6.24. The van der Waals surface area contributed by atoms with E-state index in [0.29, 0.717) is 17.4 Å². The molecule has 1 aliphatic rings. The third-order valence-corrected chi connectivity index (χ3v) is 3.31. The molecule has 1 aromatic rings. The fraction of sp³-hybridized carbons (Fsp3) is 0.500. The zero-order valence-corrected chi connectivity index (χ0v) is 11.1. The average molecular weight is 264 g/mol. The number of hydrogen-bond donors (Lipinski definition) is 2. The SMILES string of the molecule is CC(NC(=O)COc1ccc(N)cc1)C1CCOC1. The third-order valence-electron chi connectivity index (χ3n) is 3.31. The van der Waals surface area contributed by atoms with E-state index in [1.165, 1.54) is 0 Å². The Hall–Kier alpha value is -1.75. The van der Waals surface area contributed by atoms with Crippen LogP contribution in [0.3, 0.4) is 0 Å². The molecule has 1 aliphatic heterocycles. The van der Waals surface area contributed by atoms with Crippen molar-refractivity contribution in [2.75, 3.05) is 25.6 Å². The van der Waals surface area contributed by atoms with E-state index in [2.05, 4.69) is 5.32 Å². The Kier molecular flexibility index (Phi) is 4.63. The largest absolute Gasteiger partial charge is 0.484 e. The molecule has 2 unspecified atom stereocenters. The second-order valence-electron chi connectivity index (χ2n) is 4.84. The standard InChI is InChI=1S/C14H20N2O3/c1-10(11-6-7-18-8-11)16-14(17)9-19-13-4-2-12(15)3-5-13/h2-5,10-11H,6-9,15H2,1H3,(H,16,17). The van der Waals surface area contributed by atoms with Crippen molar-refractivity contribution in [3.05, 3.63) is 24.3 Å². The number of nitrogen functional groups attached to an aromatic ring is 1. The van der Waals surface area contributed by atoms with Crippen LogP contribution in [0.5, 0.6) is 5.75 Å². The molecule has 3 N–H and O–H groups in total. The first-order valence-electron chi connectivity index (χ1n) is 6.50. The molecule has 1 saturated heterocycles. The molecule has 1 fully saturated rings. The molecule has 1 aromatic carbocycles. The number of ether oxygens (including phenoxy) is 2. The van der Waals surface area contributed by atoms with Gasteiger partial charge in [-0.25, -0.2) is 0 Å². The summed E-state index contributed by atoms with van der Waals surface area (Å²) in [5, 5.41) is 2.93. The molecule has 104 valence electrons. The van der Waals surface area contributed by atoms with Crippen LogP contribution in [-0.2, 0) is 9.53 Å². The highest BCUT2D eigenvalue weighted by molar-refractivity contribution is 5.77. The second kappa shape index (κ2) is 6.43. The number of amides is 1. The van der Waals surface area contributed by atoms with E-state index in [1.54, 1.807) is 24.3 Å². The molecule has 0 spiro atoms. The molecule has 19 heavy (non-hydrogen) atoms. The Balaban J connectivity index is 1.73. The predicted octanol–water partition coefficient (Wildman–Crippen LogP) is 1.19. The van der Waals surface area contributed by atoms with Crippen molar-refractivity contribution < 1.29 is 14.3 Å². The highest BCUT2D eigenvalue weighted by Crippen LogP contribution is 2.16. The minimum absolute atomic E-state index is 0.0157. The van der Waals surface area contributed by atoms with Crippen molar-refractivity contribution >= 4 is 11.6 Å². The Morgan fingerprint density at radius 3 is 2.89 bits per heavy atom. The average Bonchev–Trinajstić information content (AvgIpc) is 2.92. The Labute approximate surface area is 113 Å². The third kappa shape index (κ3) is 4.13. The molecule has 0 aliphatic carbocycles. The van der Waals surface area contributed by atoms with E-state index in [4.69, 9.17) is 15.2 Å². The number of anilines is 1. The maximum Gasteiger partial charge on any atom is 0.258 e. The summed E-state index contributed by atoms with van der Waals surface area (Å²) in [6.07, 6.45) is 1.00. The Morgan fingerprint density at radius 2 is 2.26 bits per heavy atom. The number of nitrogens with one attached hydrogen (secondary N) is 1. The zero-order chi connectivity index (χ0) is 13.7. The lowest BCUT2D eigenvalue weighted by Crippen LogP contribution is -2.40. The smallest absolute Gasteiger partial charge is 0.258 e. The lowest BCUT2D eigenvalue weighted by molar-refractivity contribution is -0.124. The van der Waals surface area contributed by atoms with Crippen LogP contribution in [0.1, 0.15) is 13.3 Å². The van der Waals surface area contributed by atoms with Crippen LogP contribution in [0.25, 0.3) is 0 Å². The molecule has 1 amide bonds. The lowest BCUT2D eigenvalue weighted by Gasteiger charge is -2.19. The summed E-state index contributed by atoms with van der Waals surface area (Å²) in [4.78, 5) is 11.7. The fourth-order valence-electron chi connectivity index (χ4n) is 2.07. The molecular formula is C14H20N2O3. The summed E-state index contributed by atoms with van der Waals surface area (Å²) in [6, 6.07) is 7.09. The molecule has 5 heteroatoms. The van der Waals surface area contributed by atoms with Crippen molar-refractivity contribution in [3.63, 3.8) is 0 Å². The number of carbonyl (C=O) groups is 1. The molecule has 5 nitrogen and oxygen atoms in total. The van der Waals surface area contributed by atoms with Crippen molar-refractivity contribution in [1.29, 1.82) is 0 Å². The van der Waals surface area contributed by atoms with Crippen molar-refractivity contribution in [3.8, 4) is 5.75 Å². The Morgan fingerprint density at radius 1 is 1.53 bits per heavy atom. The number of nitrogens with two attached hydrogens (primary N) is 1. The normalized spacial score (nSPS) is 19.9. The Bertz CT molecular complexity index is 413. The van der Waals surface area contributed by atoms with E-state index in [9.17, 15) is 4.79 Å². The zero-order valence-electron chi connectivity index (χ0n) is 11.1. The van der Waals surface area contributed by atoms with Crippen molar-refractivity contribution in [2.24, 2.45) is 5.92 Å². The van der Waals surface area contributed by atoms with E-state index in [1.807, 2.05) is 6.92 Å². The highest BCUT2D eigenvalue weighted by Gasteiger charge is 2.23. The molecule has 0 aromatic heterocycles. The van der Waals surface area contributed by atoms with Gasteiger partial charge in [0.05, 0.1) is 6.61 Å². The summed E-state index contributed by atoms with van der Waals surface area (Å²) >= 11 is 0. The molecule has 0 radical (unpaired) electrons. The maximum absolute atomic E-state index is 11.7. The van der Waals surface area contributed by atoms with Crippen LogP contribution in [0, 0.1) is 5.92 Å². The van der Waals surface area contributed by atoms with Crippen molar-refractivity contribution in [2.45, 2.75) is 19.4 Å². The topological polar surface area (TPSA) is 73.6 Å². The molecular weight excluding hydrogens is 244 g/mol. The van der Waals surface area contributed by atoms with E-state index in [0.717, 1.165) is 19.6 Å². The second-order valence-corrected chi connectivity index (χ2v) is 4.84. The van der Waals surface area contributed by atoms with Gasteiger partial charge in [0.1, 0.15) is 5.75 Å². The van der Waals surface area contributed by atoms with Gasteiger partial charge in [-0.3, -0.25) is 4.79 Å². The highest BCUT2D eigenvalue weighted by atomic mass is 16.5. The van der Waals surface area contributed by atoms with Gasteiger partial charge in [-0.05, 0) is 37.6 Å². The number of carbonyl (C=O) groups excluding carboxylic acids is 1. The van der Waals surface area contributed by atoms with Gasteiger partial charge in [-0.1, -0.05) is 0 Å². The first-order chi connectivity index (χ1) is 9.15. The number of benzene rings is 1. The van der Waals surface area contributed by atoms with Crippen molar-refractivity contribution in [1.82, 2.24) is 5.32 Å². The van der Waals surface area contributed by atoms with Gasteiger partial charge in [-0.2, -0.15) is 0 Å². The minimum Gasteiger partial charge on any atom is -0.484 e. The van der Waals surface area contributed by atoms with Gasteiger partial charge in [0.25, 0.3) is 5.91 Å². The lowest BCUT2D eigenvalue weighted by atomic mass is 10.0. The number of hydrogen-bond acceptors (Lipinski definition) is 4. The summed E-state index contributed by atoms with van der Waals surface area (Å²) in [7, 11) is 0. The summed E-state index contributed by atoms with van der Waals surface area (Å²) in [6.45, 7) is 3.52. The van der Waals surface area contributed by atoms with Crippen LogP contribution in [0.4, 0.5) is 5.69 Å². The first-order valence-corrected chi connectivity index (χ1v) is 6.50. The van der Waals surface area contributed by atoms with Gasteiger partial charge in [0.2, 0.25) is 0 Å². The maximum atomic E-state index is 11.7. The molecule has 1 heterocycles. The van der Waals surface area contributed by atoms with Gasteiger partial charge >= 0.3 is 0 Å². The molecule has 2 rings (SSSR count). The van der Waals surface area contributed by atoms with Crippen LogP contribution < -0.4 is 15.8 Å². The summed E-state index contributed by atoms with van der Waals surface area (Å²) in [5.74, 6) is 0.929. The monoisotopic (exact) mass is 264 g/mol. The predicted molar refractivity (Wildman–Crippen MR) is 72.9 cm³/mol. The summed E-state index contributed by atoms with van der Waals surface area (Å²) < 4.78 is 10.7. The number of rotatable bonds is 5. The van der Waals surface area contributed by atoms with Gasteiger partial charge in [-0.15, -0.1) is 0 Å². The molecule has 0 bridgehead atoms. The molecule has 2 atom stereocenters. The van der Waals surface area contributed by atoms with Gasteiger partial charge in [0.15, 0.2) is 6.61 Å².